The van der Waals surface area contributed by atoms with Crippen molar-refractivity contribution in [1.29, 1.82) is 0 Å². The van der Waals surface area contributed by atoms with Crippen molar-refractivity contribution in [2.75, 3.05) is 0 Å². The van der Waals surface area contributed by atoms with Crippen LogP contribution in [-0.4, -0.2) is 86.3 Å². The Morgan fingerprint density at radius 1 is 0.367 bits per heavy atom. The lowest BCUT2D eigenvalue weighted by Crippen LogP contribution is -2.53. The zero-order valence-corrected chi connectivity index (χ0v) is 21.6. The Hall–Kier alpha value is -1.37. The molecule has 0 nitrogen and oxygen atoms in total. The van der Waals surface area contributed by atoms with Gasteiger partial charge in [-0.05, 0) is 27.8 Å². The van der Waals surface area contributed by atoms with E-state index in [2.05, 4.69) is 100 Å². The predicted molar refractivity (Wildman–Crippen MR) is 173 cm³/mol. The Kier molecular flexibility index (Phi) is 6.18. The molecule has 0 spiro atoms. The van der Waals surface area contributed by atoms with Crippen molar-refractivity contribution in [3.63, 3.8) is 0 Å². The van der Waals surface area contributed by atoms with Gasteiger partial charge in [-0.25, -0.2) is 0 Å². The lowest BCUT2D eigenvalue weighted by Gasteiger charge is -2.29. The minimum atomic E-state index is 0.549. The van der Waals surface area contributed by atoms with Crippen molar-refractivity contribution in [2.24, 2.45) is 0 Å². The van der Waals surface area contributed by atoms with Gasteiger partial charge >= 0.3 is 0 Å². The molecule has 0 saturated heterocycles. The quantitative estimate of drug-likeness (QED) is 0.390. The third kappa shape index (κ3) is 3.14. The van der Waals surface area contributed by atoms with Gasteiger partial charge in [0, 0.05) is 0 Å². The molecule has 0 radical (unpaired) electrons. The molecule has 0 heterocycles. The van der Waals surface area contributed by atoms with Crippen molar-refractivity contribution in [2.45, 2.75) is 19.8 Å². The van der Waals surface area contributed by atoms with Crippen molar-refractivity contribution in [3.8, 4) is 11.1 Å². The maximum atomic E-state index is 2.35. The van der Waals surface area contributed by atoms with Crippen molar-refractivity contribution < 1.29 is 0 Å². The van der Waals surface area contributed by atoms with E-state index in [1.807, 2.05) is 0 Å². The molecule has 0 saturated carbocycles. The van der Waals surface area contributed by atoms with Crippen molar-refractivity contribution >= 4 is 157 Å². The molecule has 138 valence electrons. The molecule has 11 heteroatoms. The van der Waals surface area contributed by atoms with E-state index in [0.29, 0.717) is 5.92 Å². The van der Waals surface area contributed by atoms with Crippen LogP contribution in [0.25, 0.3) is 21.9 Å². The van der Waals surface area contributed by atoms with Crippen molar-refractivity contribution in [1.82, 2.24) is 0 Å². The highest BCUT2D eigenvalue weighted by Crippen LogP contribution is 2.15. The fourth-order valence-corrected chi connectivity index (χ4v) is 5.99. The standard InChI is InChI=1S/C19H29B11/c1-3(2)4-10(21)13(24)7(14(25)11(4)22)5-9(20)6-8(15(26)12(5)23)17(28)19(30)18(29)16(6)27/h3H,20-30H2,1-2H3. The molecule has 0 atom stereocenters. The number of benzene rings is 3. The summed E-state index contributed by atoms with van der Waals surface area (Å²) < 4.78 is 0. The third-order valence-electron chi connectivity index (χ3n) is 8.26. The maximum Gasteiger partial charge on any atom is 0.140 e. The van der Waals surface area contributed by atoms with E-state index in [0.717, 1.165) is 0 Å². The minimum absolute atomic E-state index is 0.549. The number of fused-ring (bicyclic) bond motifs is 1. The van der Waals surface area contributed by atoms with Crippen LogP contribution in [0.3, 0.4) is 0 Å². The van der Waals surface area contributed by atoms with Crippen LogP contribution in [0, 0.1) is 0 Å². The van der Waals surface area contributed by atoms with Gasteiger partial charge in [0.05, 0.1) is 0 Å². The van der Waals surface area contributed by atoms with Gasteiger partial charge in [0.1, 0.15) is 86.3 Å². The maximum absolute atomic E-state index is 2.35. The highest BCUT2D eigenvalue weighted by atomic mass is 14.2. The minimum Gasteiger partial charge on any atom is -0.101 e. The summed E-state index contributed by atoms with van der Waals surface area (Å²) >= 11 is 0. The van der Waals surface area contributed by atoms with E-state index < -0.39 is 0 Å². The molecule has 3 aromatic carbocycles. The van der Waals surface area contributed by atoms with Crippen LogP contribution >= 0.6 is 0 Å². The Morgan fingerprint density at radius 3 is 1.07 bits per heavy atom. The first-order valence-electron chi connectivity index (χ1n) is 11.4. The van der Waals surface area contributed by atoms with E-state index >= 15 is 0 Å². The molecule has 30 heavy (non-hydrogen) atoms. The highest BCUT2D eigenvalue weighted by Gasteiger charge is 2.22. The van der Waals surface area contributed by atoms with Crippen LogP contribution < -0.4 is 60.1 Å². The summed E-state index contributed by atoms with van der Waals surface area (Å²) in [5.41, 5.74) is 20.4. The van der Waals surface area contributed by atoms with Gasteiger partial charge in [-0.1, -0.05) is 68.6 Å². The molecule has 0 fully saturated rings. The van der Waals surface area contributed by atoms with Gasteiger partial charge in [-0.15, -0.1) is 10.9 Å². The lowest BCUT2D eigenvalue weighted by molar-refractivity contribution is 0.881. The second-order valence-corrected chi connectivity index (χ2v) is 9.94. The van der Waals surface area contributed by atoms with Gasteiger partial charge < -0.3 is 0 Å². The van der Waals surface area contributed by atoms with Crippen LogP contribution in [0.15, 0.2) is 0 Å². The SMILES string of the molecule is Bc1c(B)c(C(C)C)c(B)c(B)c1-c1c(B)c(B)c2c(B)c(B)c(B)c(B)c2c1B. The third-order valence-corrected chi connectivity index (χ3v) is 8.26. The first kappa shape index (κ1) is 23.3. The van der Waals surface area contributed by atoms with Gasteiger partial charge in [-0.3, -0.25) is 0 Å². The monoisotopic (exact) mass is 378 g/mol. The summed E-state index contributed by atoms with van der Waals surface area (Å²) in [5, 5.41) is 2.94. The van der Waals surface area contributed by atoms with E-state index in [1.165, 1.54) is 87.6 Å². The molecular formula is C19H29B11. The number of hydrogen-bond acceptors (Lipinski definition) is 0. The summed E-state index contributed by atoms with van der Waals surface area (Å²) in [7, 11) is 25.5. The highest BCUT2D eigenvalue weighted by molar-refractivity contribution is 6.73. The Balaban J connectivity index is 2.61. The fraction of sp³-hybridized carbons (Fsp3) is 0.158. The van der Waals surface area contributed by atoms with E-state index in [4.69, 9.17) is 0 Å². The second kappa shape index (κ2) is 7.96. The number of hydrogen-bond donors (Lipinski definition) is 0. The van der Waals surface area contributed by atoms with E-state index in [-0.39, 0.29) is 0 Å². The Labute approximate surface area is 193 Å². The summed E-state index contributed by atoms with van der Waals surface area (Å²) in [6, 6.07) is 0. The molecule has 0 amide bonds. The van der Waals surface area contributed by atoms with E-state index in [1.54, 1.807) is 0 Å². The molecule has 0 aromatic heterocycles. The Morgan fingerprint density at radius 2 is 0.667 bits per heavy atom. The average molecular weight is 376 g/mol. The fourth-order valence-electron chi connectivity index (χ4n) is 5.99. The van der Waals surface area contributed by atoms with Gasteiger partial charge in [0.2, 0.25) is 0 Å². The normalized spacial score (nSPS) is 11.4. The van der Waals surface area contributed by atoms with E-state index in [9.17, 15) is 0 Å². The summed E-state index contributed by atoms with van der Waals surface area (Å²) in [4.78, 5) is 0. The Bertz CT molecular complexity index is 1200. The molecule has 0 aliphatic rings. The second-order valence-electron chi connectivity index (χ2n) is 9.94. The molecule has 3 aromatic rings. The molecule has 0 bridgehead atoms. The van der Waals surface area contributed by atoms with Crippen LogP contribution in [0.2, 0.25) is 0 Å². The molecule has 3 rings (SSSR count). The summed E-state index contributed by atoms with van der Waals surface area (Å²) in [6.07, 6.45) is 0. The van der Waals surface area contributed by atoms with Crippen LogP contribution in [0.4, 0.5) is 0 Å². The lowest BCUT2D eigenvalue weighted by atomic mass is 9.56. The van der Waals surface area contributed by atoms with Gasteiger partial charge in [0.15, 0.2) is 0 Å². The van der Waals surface area contributed by atoms with Crippen LogP contribution in [0.1, 0.15) is 25.3 Å². The zero-order chi connectivity index (χ0) is 22.8. The predicted octanol–water partition coefficient (Wildman–Crippen LogP) is -13.5. The molecule has 0 unspecified atom stereocenters. The number of rotatable bonds is 2. The zero-order valence-electron chi connectivity index (χ0n) is 21.6. The van der Waals surface area contributed by atoms with Crippen molar-refractivity contribution in [3.05, 3.63) is 5.56 Å². The molecular weight excluding hydrogens is 347 g/mol. The van der Waals surface area contributed by atoms with Gasteiger partial charge in [-0.2, -0.15) is 0 Å². The molecule has 0 N–H and O–H groups in total. The molecule has 0 aliphatic heterocycles. The van der Waals surface area contributed by atoms with Crippen LogP contribution in [0.5, 0.6) is 0 Å². The average Bonchev–Trinajstić information content (AvgIpc) is 2.68. The summed E-state index contributed by atoms with van der Waals surface area (Å²) in [6.45, 7) is 4.64. The first-order chi connectivity index (χ1) is 13.8. The summed E-state index contributed by atoms with van der Waals surface area (Å²) in [5.74, 6) is 0.549. The smallest absolute Gasteiger partial charge is 0.101 e. The molecule has 0 aliphatic carbocycles. The largest absolute Gasteiger partial charge is 0.140 e. The topological polar surface area (TPSA) is 0 Å². The van der Waals surface area contributed by atoms with Gasteiger partial charge in [0.25, 0.3) is 0 Å². The van der Waals surface area contributed by atoms with Crippen LogP contribution in [-0.2, 0) is 0 Å². The first-order valence-corrected chi connectivity index (χ1v) is 11.4.